The number of halogens is 2. The number of nitrogens with two attached hydrogens (primary N) is 1. The predicted molar refractivity (Wildman–Crippen MR) is 57.9 cm³/mol. The third-order valence-electron chi connectivity index (χ3n) is 1.46. The molecule has 80 valence electrons. The van der Waals surface area contributed by atoms with Crippen LogP contribution in [0.4, 0.5) is 0 Å². The first-order chi connectivity index (χ1) is 5.70. The minimum absolute atomic E-state index is 0. The molecule has 0 aliphatic heterocycles. The van der Waals surface area contributed by atoms with Crippen LogP contribution < -0.4 is 5.73 Å². The smallest absolute Gasteiger partial charge is 0.305 e. The normalized spacial score (nSPS) is 10.6. The lowest BCUT2D eigenvalue weighted by Gasteiger charge is -2.06. The fourth-order valence-electron chi connectivity index (χ4n) is 0.888. The largest absolute Gasteiger partial charge is 0.481 e. The van der Waals surface area contributed by atoms with Gasteiger partial charge < -0.3 is 10.8 Å². The molecule has 0 radical (unpaired) electrons. The summed E-state index contributed by atoms with van der Waals surface area (Å²) in [5.74, 6) is -0.909. The molecule has 1 rings (SSSR count). The van der Waals surface area contributed by atoms with E-state index in [0.717, 1.165) is 0 Å². The van der Waals surface area contributed by atoms with Crippen LogP contribution in [0.1, 0.15) is 18.2 Å². The van der Waals surface area contributed by atoms with E-state index < -0.39 is 12.0 Å². The lowest BCUT2D eigenvalue weighted by molar-refractivity contribution is -0.137. The van der Waals surface area contributed by atoms with Crippen LogP contribution in [0.3, 0.4) is 0 Å². The van der Waals surface area contributed by atoms with Crippen LogP contribution in [0, 0.1) is 0 Å². The molecule has 0 saturated carbocycles. The van der Waals surface area contributed by atoms with E-state index in [1.807, 2.05) is 0 Å². The highest BCUT2D eigenvalue weighted by atomic mass is 35.5. The molecule has 1 aromatic rings. The second kappa shape index (κ2) is 7.55. The van der Waals surface area contributed by atoms with Gasteiger partial charge in [-0.3, -0.25) is 9.78 Å². The highest BCUT2D eigenvalue weighted by molar-refractivity contribution is 5.85. The summed E-state index contributed by atoms with van der Waals surface area (Å²) >= 11 is 0. The molecule has 14 heavy (non-hydrogen) atoms. The van der Waals surface area contributed by atoms with Gasteiger partial charge in [0, 0.05) is 6.20 Å². The summed E-state index contributed by atoms with van der Waals surface area (Å²) in [4.78, 5) is 14.2. The number of aliphatic carboxylic acids is 1. The predicted octanol–water partition coefficient (Wildman–Crippen LogP) is 1.40. The fourth-order valence-corrected chi connectivity index (χ4v) is 0.888. The maximum absolute atomic E-state index is 10.3. The van der Waals surface area contributed by atoms with Crippen LogP contribution >= 0.6 is 24.8 Å². The van der Waals surface area contributed by atoms with Crippen LogP contribution in [-0.2, 0) is 4.79 Å². The molecule has 0 amide bonds. The van der Waals surface area contributed by atoms with Crippen LogP contribution in [0.25, 0.3) is 0 Å². The van der Waals surface area contributed by atoms with Crippen LogP contribution in [0.15, 0.2) is 24.4 Å². The average Bonchev–Trinajstić information content (AvgIpc) is 2.05. The van der Waals surface area contributed by atoms with Gasteiger partial charge in [-0.05, 0) is 12.1 Å². The molecule has 0 unspecified atom stereocenters. The molecule has 4 nitrogen and oxygen atoms in total. The standard InChI is InChI=1S/C8H10N2O2.2ClH/c9-6(5-8(11)12)7-3-1-2-4-10-7;;/h1-4,6H,5,9H2,(H,11,12);2*1H/t6-;;/m1../s1. The minimum atomic E-state index is -0.909. The monoisotopic (exact) mass is 238 g/mol. The maximum atomic E-state index is 10.3. The van der Waals surface area contributed by atoms with Gasteiger partial charge in [0.1, 0.15) is 0 Å². The fraction of sp³-hybridized carbons (Fsp3) is 0.250. The quantitative estimate of drug-likeness (QED) is 0.835. The zero-order valence-electron chi connectivity index (χ0n) is 7.29. The highest BCUT2D eigenvalue weighted by Gasteiger charge is 2.10. The van der Waals surface area contributed by atoms with Crippen molar-refractivity contribution in [3.63, 3.8) is 0 Å². The van der Waals surface area contributed by atoms with Gasteiger partial charge in [0.25, 0.3) is 0 Å². The Labute approximate surface area is 94.3 Å². The van der Waals surface area contributed by atoms with Gasteiger partial charge in [-0.2, -0.15) is 0 Å². The molecule has 0 fully saturated rings. The number of nitrogens with zero attached hydrogens (tertiary/aromatic N) is 1. The van der Waals surface area contributed by atoms with Crippen molar-refractivity contribution in [2.24, 2.45) is 5.73 Å². The van der Waals surface area contributed by atoms with Crippen molar-refractivity contribution in [2.45, 2.75) is 12.5 Å². The molecule has 3 N–H and O–H groups in total. The Morgan fingerprint density at radius 1 is 1.50 bits per heavy atom. The summed E-state index contributed by atoms with van der Waals surface area (Å²) in [6.45, 7) is 0. The highest BCUT2D eigenvalue weighted by Crippen LogP contribution is 2.09. The zero-order chi connectivity index (χ0) is 8.97. The van der Waals surface area contributed by atoms with E-state index in [1.54, 1.807) is 24.4 Å². The number of carboxylic acids is 1. The number of carboxylic acid groups (broad SMARTS) is 1. The zero-order valence-corrected chi connectivity index (χ0v) is 8.92. The van der Waals surface area contributed by atoms with E-state index in [0.29, 0.717) is 5.69 Å². The number of carbonyl (C=O) groups is 1. The molecular weight excluding hydrogens is 227 g/mol. The van der Waals surface area contributed by atoms with Gasteiger partial charge in [-0.15, -0.1) is 24.8 Å². The van der Waals surface area contributed by atoms with Gasteiger partial charge in [-0.25, -0.2) is 0 Å². The number of rotatable bonds is 3. The van der Waals surface area contributed by atoms with E-state index in [4.69, 9.17) is 10.8 Å². The van der Waals surface area contributed by atoms with E-state index in [1.165, 1.54) is 0 Å². The van der Waals surface area contributed by atoms with Crippen LogP contribution in [0.2, 0.25) is 0 Å². The molecule has 1 atom stereocenters. The molecule has 0 spiro atoms. The van der Waals surface area contributed by atoms with Gasteiger partial charge in [0.15, 0.2) is 0 Å². The molecule has 0 saturated heterocycles. The number of hydrogen-bond donors (Lipinski definition) is 2. The molecule has 1 heterocycles. The van der Waals surface area contributed by atoms with Gasteiger partial charge in [-0.1, -0.05) is 6.07 Å². The van der Waals surface area contributed by atoms with Crippen molar-refractivity contribution in [2.75, 3.05) is 0 Å². The molecule has 6 heteroatoms. The summed E-state index contributed by atoms with van der Waals surface area (Å²) in [6.07, 6.45) is 1.51. The molecular formula is C8H12Cl2N2O2. The molecule has 0 aliphatic rings. The summed E-state index contributed by atoms with van der Waals surface area (Å²) in [7, 11) is 0. The van der Waals surface area contributed by atoms with Crippen molar-refractivity contribution in [1.29, 1.82) is 0 Å². The van der Waals surface area contributed by atoms with E-state index in [2.05, 4.69) is 4.98 Å². The van der Waals surface area contributed by atoms with Gasteiger partial charge >= 0.3 is 5.97 Å². The molecule has 0 bridgehead atoms. The topological polar surface area (TPSA) is 76.2 Å². The molecule has 1 aromatic heterocycles. The summed E-state index contributed by atoms with van der Waals surface area (Å²) in [5, 5.41) is 8.44. The van der Waals surface area contributed by atoms with E-state index in [-0.39, 0.29) is 31.2 Å². The second-order valence-electron chi connectivity index (χ2n) is 2.46. The first kappa shape index (κ1) is 15.6. The summed E-state index contributed by atoms with van der Waals surface area (Å²) in [6, 6.07) is 4.75. The van der Waals surface area contributed by atoms with Crippen molar-refractivity contribution in [1.82, 2.24) is 4.98 Å². The number of aromatic nitrogens is 1. The van der Waals surface area contributed by atoms with Crippen molar-refractivity contribution in [3.05, 3.63) is 30.1 Å². The summed E-state index contributed by atoms with van der Waals surface area (Å²) in [5.41, 5.74) is 6.16. The molecule has 0 aromatic carbocycles. The van der Waals surface area contributed by atoms with Crippen LogP contribution in [-0.4, -0.2) is 16.1 Å². The van der Waals surface area contributed by atoms with E-state index in [9.17, 15) is 4.79 Å². The second-order valence-corrected chi connectivity index (χ2v) is 2.46. The lowest BCUT2D eigenvalue weighted by Crippen LogP contribution is -2.15. The maximum Gasteiger partial charge on any atom is 0.305 e. The lowest BCUT2D eigenvalue weighted by atomic mass is 10.1. The number of pyridine rings is 1. The third-order valence-corrected chi connectivity index (χ3v) is 1.46. The van der Waals surface area contributed by atoms with Gasteiger partial charge in [0.05, 0.1) is 18.2 Å². The average molecular weight is 239 g/mol. The Morgan fingerprint density at radius 2 is 2.14 bits per heavy atom. The van der Waals surface area contributed by atoms with Crippen LogP contribution in [0.5, 0.6) is 0 Å². The SMILES string of the molecule is Cl.Cl.N[C@H](CC(=O)O)c1ccccn1. The Kier molecular flexibility index (Phi) is 8.43. The van der Waals surface area contributed by atoms with Crippen molar-refractivity contribution in [3.8, 4) is 0 Å². The van der Waals surface area contributed by atoms with Crippen molar-refractivity contribution >= 4 is 30.8 Å². The Balaban J connectivity index is 0. The summed E-state index contributed by atoms with van der Waals surface area (Å²) < 4.78 is 0. The minimum Gasteiger partial charge on any atom is -0.481 e. The number of hydrogen-bond acceptors (Lipinski definition) is 3. The molecule has 0 aliphatic carbocycles. The first-order valence-corrected chi connectivity index (χ1v) is 3.58. The Morgan fingerprint density at radius 3 is 2.57 bits per heavy atom. The Hall–Kier alpha value is -0.840. The first-order valence-electron chi connectivity index (χ1n) is 3.58. The van der Waals surface area contributed by atoms with Gasteiger partial charge in [0.2, 0.25) is 0 Å². The Bertz CT molecular complexity index is 269. The van der Waals surface area contributed by atoms with E-state index >= 15 is 0 Å². The van der Waals surface area contributed by atoms with Crippen molar-refractivity contribution < 1.29 is 9.90 Å². The third kappa shape index (κ3) is 5.01.